The molecule has 12 heavy (non-hydrogen) atoms. The van der Waals surface area contributed by atoms with Gasteiger partial charge < -0.3 is 0 Å². The lowest BCUT2D eigenvalue weighted by molar-refractivity contribution is 0.0699. The zero-order valence-electron chi connectivity index (χ0n) is 6.29. The molecule has 0 spiro atoms. The molecule has 0 aliphatic rings. The van der Waals surface area contributed by atoms with Crippen LogP contribution in [-0.2, 0) is 7.05 Å². The van der Waals surface area contributed by atoms with Crippen LogP contribution >= 0.6 is 0 Å². The maximum absolute atomic E-state index is 11.6. The van der Waals surface area contributed by atoms with Crippen LogP contribution in [0.15, 0.2) is 12.4 Å². The third-order valence-corrected chi connectivity index (χ3v) is 1.21. The van der Waals surface area contributed by atoms with Crippen molar-refractivity contribution in [3.8, 4) is 0 Å². The maximum atomic E-state index is 11.6. The van der Waals surface area contributed by atoms with Gasteiger partial charge in [0.25, 0.3) is 5.91 Å². The van der Waals surface area contributed by atoms with E-state index in [1.54, 1.807) is 7.05 Å². The van der Waals surface area contributed by atoms with Crippen molar-refractivity contribution >= 4 is 5.91 Å². The SMILES string of the molecule is Cn1cc(C(=O)NC(F)F)cn1. The lowest BCUT2D eigenvalue weighted by atomic mass is 10.3. The molecular weight excluding hydrogens is 168 g/mol. The summed E-state index contributed by atoms with van der Waals surface area (Å²) in [4.78, 5) is 10.8. The summed E-state index contributed by atoms with van der Waals surface area (Å²) < 4.78 is 24.6. The van der Waals surface area contributed by atoms with E-state index in [2.05, 4.69) is 5.10 Å². The largest absolute Gasteiger partial charge is 0.315 e. The molecule has 0 radical (unpaired) electrons. The van der Waals surface area contributed by atoms with Gasteiger partial charge in [-0.05, 0) is 0 Å². The maximum Gasteiger partial charge on any atom is 0.315 e. The molecular formula is C6H7F2N3O. The van der Waals surface area contributed by atoms with Gasteiger partial charge in [-0.3, -0.25) is 14.8 Å². The number of halogens is 2. The number of carbonyl (C=O) groups excluding carboxylic acids is 1. The van der Waals surface area contributed by atoms with Crippen molar-refractivity contribution in [2.75, 3.05) is 0 Å². The van der Waals surface area contributed by atoms with Crippen molar-refractivity contribution < 1.29 is 13.6 Å². The van der Waals surface area contributed by atoms with Crippen molar-refractivity contribution in [2.24, 2.45) is 7.05 Å². The molecule has 0 saturated carbocycles. The minimum Gasteiger partial charge on any atom is -0.296 e. The standard InChI is InChI=1S/C6H7F2N3O/c1-11-3-4(2-9-11)5(12)10-6(7)8/h2-3,6H,1H3,(H,10,12). The fourth-order valence-corrected chi connectivity index (χ4v) is 0.721. The molecule has 0 aliphatic heterocycles. The highest BCUT2D eigenvalue weighted by Gasteiger charge is 2.11. The van der Waals surface area contributed by atoms with Crippen LogP contribution in [0.1, 0.15) is 10.4 Å². The topological polar surface area (TPSA) is 46.9 Å². The highest BCUT2D eigenvalue weighted by molar-refractivity contribution is 5.93. The van der Waals surface area contributed by atoms with Crippen LogP contribution in [0.5, 0.6) is 0 Å². The predicted octanol–water partition coefficient (Wildman–Crippen LogP) is 0.373. The van der Waals surface area contributed by atoms with Gasteiger partial charge in [0.15, 0.2) is 0 Å². The van der Waals surface area contributed by atoms with Crippen molar-refractivity contribution in [3.63, 3.8) is 0 Å². The lowest BCUT2D eigenvalue weighted by Gasteiger charge is -1.99. The second-order valence-corrected chi connectivity index (χ2v) is 2.18. The molecule has 1 amide bonds. The average molecular weight is 175 g/mol. The van der Waals surface area contributed by atoms with Crippen LogP contribution in [0.4, 0.5) is 8.78 Å². The van der Waals surface area contributed by atoms with Gasteiger partial charge in [0.1, 0.15) is 0 Å². The number of amides is 1. The number of rotatable bonds is 2. The first-order chi connectivity index (χ1) is 5.59. The van der Waals surface area contributed by atoms with E-state index < -0.39 is 12.5 Å². The number of alkyl halides is 2. The monoisotopic (exact) mass is 175 g/mol. The predicted molar refractivity (Wildman–Crippen MR) is 36.7 cm³/mol. The van der Waals surface area contributed by atoms with E-state index in [9.17, 15) is 13.6 Å². The molecule has 1 aromatic rings. The van der Waals surface area contributed by atoms with Crippen LogP contribution < -0.4 is 5.32 Å². The molecule has 0 bridgehead atoms. The Balaban J connectivity index is 2.65. The van der Waals surface area contributed by atoms with Gasteiger partial charge in [-0.2, -0.15) is 13.9 Å². The number of aryl methyl sites for hydroxylation is 1. The Morgan fingerprint density at radius 3 is 2.83 bits per heavy atom. The van der Waals surface area contributed by atoms with Crippen LogP contribution in [0.25, 0.3) is 0 Å². The summed E-state index contributed by atoms with van der Waals surface area (Å²) in [5.74, 6) is -0.821. The Kier molecular flexibility index (Phi) is 2.37. The van der Waals surface area contributed by atoms with Gasteiger partial charge in [0.2, 0.25) is 0 Å². The van der Waals surface area contributed by atoms with E-state index in [0.717, 1.165) is 0 Å². The minimum absolute atomic E-state index is 0.123. The summed E-state index contributed by atoms with van der Waals surface area (Å²) in [7, 11) is 1.60. The Morgan fingerprint density at radius 2 is 2.42 bits per heavy atom. The molecule has 0 saturated heterocycles. The Morgan fingerprint density at radius 1 is 1.75 bits per heavy atom. The number of aromatic nitrogens is 2. The highest BCUT2D eigenvalue weighted by Crippen LogP contribution is 1.97. The number of nitrogens with zero attached hydrogens (tertiary/aromatic N) is 2. The second-order valence-electron chi connectivity index (χ2n) is 2.18. The summed E-state index contributed by atoms with van der Waals surface area (Å²) in [5.41, 5.74) is 0.123. The fourth-order valence-electron chi connectivity index (χ4n) is 0.721. The van der Waals surface area contributed by atoms with E-state index >= 15 is 0 Å². The highest BCUT2D eigenvalue weighted by atomic mass is 19.3. The summed E-state index contributed by atoms with van der Waals surface area (Å²) in [6.07, 6.45) is 2.58. The molecule has 0 aliphatic carbocycles. The summed E-state index contributed by atoms with van der Waals surface area (Å²) in [6.45, 7) is -2.84. The van der Waals surface area contributed by atoms with Crippen molar-refractivity contribution in [1.82, 2.24) is 15.1 Å². The molecule has 1 rings (SSSR count). The number of carbonyl (C=O) groups is 1. The van der Waals surface area contributed by atoms with Gasteiger partial charge in [-0.15, -0.1) is 0 Å². The number of hydrogen-bond acceptors (Lipinski definition) is 2. The van der Waals surface area contributed by atoms with Crippen LogP contribution in [0.3, 0.4) is 0 Å². The summed E-state index contributed by atoms with van der Waals surface area (Å²) in [6, 6.07) is 0. The molecule has 0 unspecified atom stereocenters. The van der Waals surface area contributed by atoms with E-state index in [0.29, 0.717) is 0 Å². The van der Waals surface area contributed by atoms with Crippen LogP contribution in [0.2, 0.25) is 0 Å². The first-order valence-corrected chi connectivity index (χ1v) is 3.17. The van der Waals surface area contributed by atoms with Gasteiger partial charge >= 0.3 is 6.55 Å². The smallest absolute Gasteiger partial charge is 0.296 e. The molecule has 1 aromatic heterocycles. The minimum atomic E-state index is -2.84. The Labute approximate surface area is 67.2 Å². The second kappa shape index (κ2) is 3.29. The summed E-state index contributed by atoms with van der Waals surface area (Å²) >= 11 is 0. The molecule has 6 heteroatoms. The number of hydrogen-bond donors (Lipinski definition) is 1. The molecule has 0 atom stereocenters. The average Bonchev–Trinajstić information content (AvgIpc) is 2.34. The summed E-state index contributed by atoms with van der Waals surface area (Å²) in [5, 5.41) is 5.10. The lowest BCUT2D eigenvalue weighted by Crippen LogP contribution is -2.27. The first-order valence-electron chi connectivity index (χ1n) is 3.17. The third kappa shape index (κ3) is 2.01. The van der Waals surface area contributed by atoms with Gasteiger partial charge in [-0.25, -0.2) is 0 Å². The third-order valence-electron chi connectivity index (χ3n) is 1.21. The van der Waals surface area contributed by atoms with E-state index in [4.69, 9.17) is 0 Å². The molecule has 66 valence electrons. The molecule has 0 aromatic carbocycles. The molecule has 1 heterocycles. The Hall–Kier alpha value is -1.46. The Bertz CT molecular complexity index is 284. The fraction of sp³-hybridized carbons (Fsp3) is 0.333. The molecule has 1 N–H and O–H groups in total. The van der Waals surface area contributed by atoms with E-state index in [1.807, 2.05) is 0 Å². The van der Waals surface area contributed by atoms with Crippen LogP contribution in [0, 0.1) is 0 Å². The zero-order chi connectivity index (χ0) is 9.14. The van der Waals surface area contributed by atoms with Gasteiger partial charge in [0, 0.05) is 13.2 Å². The molecule has 0 fully saturated rings. The van der Waals surface area contributed by atoms with E-state index in [1.165, 1.54) is 22.4 Å². The van der Waals surface area contributed by atoms with Crippen molar-refractivity contribution in [1.29, 1.82) is 0 Å². The van der Waals surface area contributed by atoms with Crippen LogP contribution in [-0.4, -0.2) is 22.2 Å². The van der Waals surface area contributed by atoms with E-state index in [-0.39, 0.29) is 5.56 Å². The molecule has 4 nitrogen and oxygen atoms in total. The normalized spacial score (nSPS) is 10.3. The van der Waals surface area contributed by atoms with Crippen molar-refractivity contribution in [2.45, 2.75) is 6.55 Å². The first kappa shape index (κ1) is 8.63. The van der Waals surface area contributed by atoms with Crippen molar-refractivity contribution in [3.05, 3.63) is 18.0 Å². The zero-order valence-corrected chi connectivity index (χ0v) is 6.29. The number of nitrogens with one attached hydrogen (secondary N) is 1. The quantitative estimate of drug-likeness (QED) is 0.660. The van der Waals surface area contributed by atoms with Gasteiger partial charge in [-0.1, -0.05) is 0 Å². The van der Waals surface area contributed by atoms with Gasteiger partial charge in [0.05, 0.1) is 11.8 Å².